The van der Waals surface area contributed by atoms with Crippen molar-refractivity contribution in [1.82, 2.24) is 4.90 Å². The molecule has 2 aromatic rings. The van der Waals surface area contributed by atoms with Crippen LogP contribution in [0.2, 0.25) is 0 Å². The smallest absolute Gasteiger partial charge is 0.399 e. The van der Waals surface area contributed by atoms with Gasteiger partial charge in [0.05, 0.1) is 0 Å². The number of esters is 1. The van der Waals surface area contributed by atoms with Crippen LogP contribution in [0.15, 0.2) is 36.4 Å². The van der Waals surface area contributed by atoms with Crippen LogP contribution < -0.4 is 0 Å². The van der Waals surface area contributed by atoms with Crippen LogP contribution in [-0.2, 0) is 20.7 Å². The maximum atomic E-state index is 12.2. The number of fused-ring (bicyclic) bond motifs is 5. The molecular formula is C17H15NO3. The van der Waals surface area contributed by atoms with Gasteiger partial charge in [-0.2, -0.15) is 0 Å². The highest BCUT2D eigenvalue weighted by Gasteiger charge is 2.52. The molecule has 0 radical (unpaired) electrons. The first kappa shape index (κ1) is 12.4. The molecule has 4 nitrogen and oxygen atoms in total. The molecule has 4 rings (SSSR count). The third-order valence-electron chi connectivity index (χ3n) is 4.43. The lowest BCUT2D eigenvalue weighted by Crippen LogP contribution is -2.51. The number of benzene rings is 2. The molecule has 2 heterocycles. The largest absolute Gasteiger partial charge is 0.430 e. The van der Waals surface area contributed by atoms with Gasteiger partial charge in [0, 0.05) is 11.1 Å². The lowest BCUT2D eigenvalue weighted by molar-refractivity contribution is -0.149. The van der Waals surface area contributed by atoms with Crippen molar-refractivity contribution >= 4 is 22.6 Å². The summed E-state index contributed by atoms with van der Waals surface area (Å²) >= 11 is 0. The Morgan fingerprint density at radius 2 is 1.90 bits per heavy atom. The van der Waals surface area contributed by atoms with Crippen molar-refractivity contribution in [1.29, 1.82) is 0 Å². The second kappa shape index (κ2) is 3.85. The standard InChI is InChI=1S/C17H15NO3/c1-17(2)9-11-8-7-10-5-3-4-6-12(10)13(11)15-18(17)14(19)16(20)21-15/h3-8,15H,9H2,1-2H3. The first-order chi connectivity index (χ1) is 9.99. The molecule has 0 saturated carbocycles. The van der Waals surface area contributed by atoms with Crippen molar-refractivity contribution in [2.45, 2.75) is 32.0 Å². The van der Waals surface area contributed by atoms with Crippen LogP contribution in [0.1, 0.15) is 31.2 Å². The zero-order chi connectivity index (χ0) is 14.8. The van der Waals surface area contributed by atoms with Gasteiger partial charge in [-0.1, -0.05) is 36.4 Å². The van der Waals surface area contributed by atoms with Gasteiger partial charge in [-0.05, 0) is 36.6 Å². The van der Waals surface area contributed by atoms with Crippen molar-refractivity contribution in [2.24, 2.45) is 0 Å². The van der Waals surface area contributed by atoms with E-state index in [1.807, 2.05) is 38.1 Å². The second-order valence-electron chi connectivity index (χ2n) is 6.28. The Bertz CT molecular complexity index is 794. The Labute approximate surface area is 122 Å². The molecule has 106 valence electrons. The molecule has 0 spiro atoms. The van der Waals surface area contributed by atoms with E-state index in [0.717, 1.165) is 21.9 Å². The Balaban J connectivity index is 2.03. The minimum Gasteiger partial charge on any atom is -0.430 e. The molecule has 1 unspecified atom stereocenters. The molecule has 1 fully saturated rings. The molecule has 0 bridgehead atoms. The van der Waals surface area contributed by atoms with E-state index in [1.54, 1.807) is 4.90 Å². The highest BCUT2D eigenvalue weighted by molar-refractivity contribution is 6.34. The molecule has 0 aromatic heterocycles. The number of carbonyl (C=O) groups excluding carboxylic acids is 2. The van der Waals surface area contributed by atoms with E-state index in [4.69, 9.17) is 4.74 Å². The predicted octanol–water partition coefficient (Wildman–Crippen LogP) is 2.56. The molecule has 2 aliphatic heterocycles. The van der Waals surface area contributed by atoms with E-state index in [0.29, 0.717) is 6.42 Å². The average molecular weight is 281 g/mol. The Hall–Kier alpha value is -2.36. The molecule has 2 aliphatic rings. The van der Waals surface area contributed by atoms with Crippen LogP contribution in [0.3, 0.4) is 0 Å². The summed E-state index contributed by atoms with van der Waals surface area (Å²) in [4.78, 5) is 25.5. The van der Waals surface area contributed by atoms with E-state index in [-0.39, 0.29) is 0 Å². The van der Waals surface area contributed by atoms with E-state index >= 15 is 0 Å². The topological polar surface area (TPSA) is 46.6 Å². The van der Waals surface area contributed by atoms with Gasteiger partial charge in [0.15, 0.2) is 0 Å². The number of carbonyl (C=O) groups is 2. The normalized spacial score (nSPS) is 23.0. The van der Waals surface area contributed by atoms with Gasteiger partial charge in [0.1, 0.15) is 0 Å². The Morgan fingerprint density at radius 3 is 2.71 bits per heavy atom. The lowest BCUT2D eigenvalue weighted by atomic mass is 9.82. The summed E-state index contributed by atoms with van der Waals surface area (Å²) in [6.07, 6.45) is 0.112. The van der Waals surface area contributed by atoms with E-state index in [1.165, 1.54) is 0 Å². The first-order valence-electron chi connectivity index (χ1n) is 7.04. The van der Waals surface area contributed by atoms with Gasteiger partial charge in [-0.25, -0.2) is 4.79 Å². The fourth-order valence-electron chi connectivity index (χ4n) is 3.53. The summed E-state index contributed by atoms with van der Waals surface area (Å²) < 4.78 is 5.39. The Morgan fingerprint density at radius 1 is 1.14 bits per heavy atom. The molecule has 1 amide bonds. The molecule has 0 N–H and O–H groups in total. The highest BCUT2D eigenvalue weighted by atomic mass is 16.6. The first-order valence-corrected chi connectivity index (χ1v) is 7.04. The highest BCUT2D eigenvalue weighted by Crippen LogP contribution is 2.45. The van der Waals surface area contributed by atoms with Gasteiger partial charge >= 0.3 is 11.9 Å². The maximum Gasteiger partial charge on any atom is 0.399 e. The summed E-state index contributed by atoms with van der Waals surface area (Å²) in [6.45, 7) is 3.94. The number of hydrogen-bond donors (Lipinski definition) is 0. The minimum atomic E-state index is -0.756. The van der Waals surface area contributed by atoms with Gasteiger partial charge in [-0.15, -0.1) is 0 Å². The van der Waals surface area contributed by atoms with Crippen molar-refractivity contribution in [2.75, 3.05) is 0 Å². The summed E-state index contributed by atoms with van der Waals surface area (Å²) in [5.74, 6) is -1.29. The van der Waals surface area contributed by atoms with Gasteiger partial charge < -0.3 is 4.74 Å². The number of hydrogen-bond acceptors (Lipinski definition) is 3. The number of rotatable bonds is 0. The fraction of sp³-hybridized carbons (Fsp3) is 0.294. The predicted molar refractivity (Wildman–Crippen MR) is 77.4 cm³/mol. The van der Waals surface area contributed by atoms with Crippen molar-refractivity contribution in [3.63, 3.8) is 0 Å². The van der Waals surface area contributed by atoms with Gasteiger partial charge in [0.2, 0.25) is 6.23 Å². The van der Waals surface area contributed by atoms with Gasteiger partial charge in [-0.3, -0.25) is 9.69 Å². The molecule has 21 heavy (non-hydrogen) atoms. The van der Waals surface area contributed by atoms with Crippen LogP contribution in [0.25, 0.3) is 10.8 Å². The van der Waals surface area contributed by atoms with Crippen molar-refractivity contribution < 1.29 is 14.3 Å². The quantitative estimate of drug-likeness (QED) is 0.551. The van der Waals surface area contributed by atoms with Crippen LogP contribution >= 0.6 is 0 Å². The molecule has 4 heteroatoms. The Kier molecular flexibility index (Phi) is 2.27. The van der Waals surface area contributed by atoms with Crippen LogP contribution in [0.4, 0.5) is 0 Å². The molecule has 1 atom stereocenters. The summed E-state index contributed by atoms with van der Waals surface area (Å²) in [7, 11) is 0. The molecule has 0 aliphatic carbocycles. The molecule has 1 saturated heterocycles. The summed E-state index contributed by atoms with van der Waals surface area (Å²) in [5, 5.41) is 2.13. The number of ether oxygens (including phenoxy) is 1. The zero-order valence-corrected chi connectivity index (χ0v) is 11.9. The number of amides is 1. The average Bonchev–Trinajstić information content (AvgIpc) is 2.74. The van der Waals surface area contributed by atoms with Crippen molar-refractivity contribution in [3.05, 3.63) is 47.5 Å². The third kappa shape index (κ3) is 1.56. The monoisotopic (exact) mass is 281 g/mol. The van der Waals surface area contributed by atoms with E-state index < -0.39 is 23.6 Å². The SMILES string of the molecule is CC1(C)Cc2ccc3ccccc3c2C2OC(=O)C(=O)N21. The van der Waals surface area contributed by atoms with Crippen LogP contribution in [-0.4, -0.2) is 22.3 Å². The lowest BCUT2D eigenvalue weighted by Gasteiger charge is -2.43. The third-order valence-corrected chi connectivity index (χ3v) is 4.43. The molecular weight excluding hydrogens is 266 g/mol. The summed E-state index contributed by atoms with van der Waals surface area (Å²) in [5.41, 5.74) is 1.66. The number of nitrogens with zero attached hydrogens (tertiary/aromatic N) is 1. The van der Waals surface area contributed by atoms with Crippen LogP contribution in [0, 0.1) is 0 Å². The second-order valence-corrected chi connectivity index (χ2v) is 6.28. The van der Waals surface area contributed by atoms with Crippen molar-refractivity contribution in [3.8, 4) is 0 Å². The van der Waals surface area contributed by atoms with E-state index in [2.05, 4.69) is 12.1 Å². The zero-order valence-electron chi connectivity index (χ0n) is 11.9. The maximum absolute atomic E-state index is 12.2. The molecule has 2 aromatic carbocycles. The summed E-state index contributed by atoms with van der Waals surface area (Å²) in [6, 6.07) is 12.1. The fourth-order valence-corrected chi connectivity index (χ4v) is 3.53. The minimum absolute atomic E-state index is 0.427. The van der Waals surface area contributed by atoms with Gasteiger partial charge in [0.25, 0.3) is 0 Å². The van der Waals surface area contributed by atoms with E-state index in [9.17, 15) is 9.59 Å². The van der Waals surface area contributed by atoms with Crippen LogP contribution in [0.5, 0.6) is 0 Å².